The Morgan fingerprint density at radius 3 is 2.29 bits per heavy atom. The van der Waals surface area contributed by atoms with Gasteiger partial charge in [0.25, 0.3) is 0 Å². The molecular weight excluding hydrogens is 497 g/mol. The zero-order chi connectivity index (χ0) is 26.3. The van der Waals surface area contributed by atoms with Gasteiger partial charge in [-0.05, 0) is 56.2 Å². The van der Waals surface area contributed by atoms with Gasteiger partial charge in [-0.2, -0.15) is 0 Å². The fourth-order valence-corrected chi connectivity index (χ4v) is 4.35. The summed E-state index contributed by atoms with van der Waals surface area (Å²) in [5.74, 6) is -1.08. The average molecular weight is 528 g/mol. The molecule has 2 atom stereocenters. The number of hydrogen-bond donors (Lipinski definition) is 1. The Bertz CT molecular complexity index is 1140. The van der Waals surface area contributed by atoms with Gasteiger partial charge in [-0.15, -0.1) is 0 Å². The second-order valence-electron chi connectivity index (χ2n) is 8.23. The third kappa shape index (κ3) is 7.83. The quantitative estimate of drug-likeness (QED) is 0.482. The van der Waals surface area contributed by atoms with Crippen LogP contribution in [0.25, 0.3) is 0 Å². The van der Waals surface area contributed by atoms with E-state index in [1.165, 1.54) is 54.5 Å². The molecule has 0 saturated heterocycles. The molecule has 0 heterocycles. The molecule has 0 aromatic heterocycles. The van der Waals surface area contributed by atoms with Crippen LogP contribution in [0, 0.1) is 5.82 Å². The molecule has 2 amide bonds. The maximum atomic E-state index is 13.5. The molecule has 0 bridgehead atoms. The average Bonchev–Trinajstić information content (AvgIpc) is 2.80. The van der Waals surface area contributed by atoms with Gasteiger partial charge in [-0.3, -0.25) is 13.9 Å². The summed E-state index contributed by atoms with van der Waals surface area (Å²) in [7, 11) is -2.47. The summed E-state index contributed by atoms with van der Waals surface area (Å²) in [4.78, 5) is 27.6. The molecule has 0 aliphatic heterocycles. The topological polar surface area (TPSA) is 96.0 Å². The number of ether oxygens (including phenoxy) is 1. The maximum Gasteiger partial charge on any atom is 0.244 e. The van der Waals surface area contributed by atoms with Gasteiger partial charge in [0.15, 0.2) is 0 Å². The fraction of sp³-hybridized carbons (Fsp3) is 0.417. The van der Waals surface area contributed by atoms with Gasteiger partial charge < -0.3 is 15.0 Å². The summed E-state index contributed by atoms with van der Waals surface area (Å²) in [5, 5.41) is 3.02. The number of rotatable bonds is 11. The summed E-state index contributed by atoms with van der Waals surface area (Å²) in [6.07, 6.45) is 1.67. The molecule has 8 nitrogen and oxygen atoms in total. The van der Waals surface area contributed by atoms with Crippen molar-refractivity contribution in [2.75, 3.05) is 24.2 Å². The SMILES string of the molecule is CC[C@H](C)NC(=O)[C@@H](C)N(Cc1ccc(F)cc1)C(=O)CN(c1ccc(OC)c(Cl)c1)S(C)(=O)=O. The van der Waals surface area contributed by atoms with E-state index in [-0.39, 0.29) is 29.2 Å². The summed E-state index contributed by atoms with van der Waals surface area (Å²) in [6.45, 7) is 4.74. The smallest absolute Gasteiger partial charge is 0.244 e. The predicted octanol–water partition coefficient (Wildman–Crippen LogP) is 3.59. The van der Waals surface area contributed by atoms with E-state index >= 15 is 0 Å². The molecule has 192 valence electrons. The first-order valence-corrected chi connectivity index (χ1v) is 13.3. The maximum absolute atomic E-state index is 13.5. The summed E-state index contributed by atoms with van der Waals surface area (Å²) in [6, 6.07) is 8.86. The van der Waals surface area contributed by atoms with Crippen LogP contribution in [0.4, 0.5) is 10.1 Å². The summed E-state index contributed by atoms with van der Waals surface area (Å²) in [5.41, 5.74) is 0.756. The van der Waals surface area contributed by atoms with Crippen molar-refractivity contribution in [2.24, 2.45) is 0 Å². The Hall–Kier alpha value is -2.85. The Kier molecular flexibility index (Phi) is 9.91. The van der Waals surface area contributed by atoms with E-state index in [0.29, 0.717) is 17.7 Å². The van der Waals surface area contributed by atoms with Crippen LogP contribution in [0.2, 0.25) is 5.02 Å². The standard InChI is InChI=1S/C24H31ClFN3O5S/c1-6-16(2)27-24(31)17(3)28(14-18-7-9-19(26)10-8-18)23(30)15-29(35(5,32)33)20-11-12-22(34-4)21(25)13-20/h7-13,16-17H,6,14-15H2,1-5H3,(H,27,31)/t16-,17+/m0/s1. The van der Waals surface area contributed by atoms with E-state index in [9.17, 15) is 22.4 Å². The monoisotopic (exact) mass is 527 g/mol. The number of sulfonamides is 1. The van der Waals surface area contributed by atoms with E-state index in [4.69, 9.17) is 16.3 Å². The van der Waals surface area contributed by atoms with Crippen molar-refractivity contribution in [1.29, 1.82) is 0 Å². The number of carbonyl (C=O) groups excluding carboxylic acids is 2. The van der Waals surface area contributed by atoms with Crippen LogP contribution < -0.4 is 14.4 Å². The molecule has 0 fully saturated rings. The first-order valence-electron chi connectivity index (χ1n) is 11.0. The largest absolute Gasteiger partial charge is 0.495 e. The molecule has 0 spiro atoms. The van der Waals surface area contributed by atoms with E-state index in [1.54, 1.807) is 6.92 Å². The number of amides is 2. The molecule has 2 rings (SSSR count). The number of nitrogens with zero attached hydrogens (tertiary/aromatic N) is 2. The van der Waals surface area contributed by atoms with E-state index < -0.39 is 34.3 Å². The minimum Gasteiger partial charge on any atom is -0.495 e. The molecule has 11 heteroatoms. The minimum atomic E-state index is -3.89. The van der Waals surface area contributed by atoms with Crippen LogP contribution in [0.15, 0.2) is 42.5 Å². The van der Waals surface area contributed by atoms with E-state index in [0.717, 1.165) is 10.6 Å². The fourth-order valence-electron chi connectivity index (χ4n) is 3.26. The number of nitrogens with one attached hydrogen (secondary N) is 1. The molecular formula is C24H31ClFN3O5S. The van der Waals surface area contributed by atoms with Gasteiger partial charge >= 0.3 is 0 Å². The highest BCUT2D eigenvalue weighted by molar-refractivity contribution is 7.92. The molecule has 0 unspecified atom stereocenters. The first-order chi connectivity index (χ1) is 16.4. The molecule has 0 radical (unpaired) electrons. The molecule has 2 aromatic rings. The number of methoxy groups -OCH3 is 1. The van der Waals surface area contributed by atoms with Crippen LogP contribution in [0.1, 0.15) is 32.8 Å². The van der Waals surface area contributed by atoms with Gasteiger partial charge in [0, 0.05) is 12.6 Å². The molecule has 0 aliphatic rings. The van der Waals surface area contributed by atoms with Gasteiger partial charge in [-0.25, -0.2) is 12.8 Å². The van der Waals surface area contributed by atoms with Crippen molar-refractivity contribution < 1.29 is 27.1 Å². The predicted molar refractivity (Wildman–Crippen MR) is 135 cm³/mol. The van der Waals surface area contributed by atoms with Crippen LogP contribution in [-0.2, 0) is 26.2 Å². The van der Waals surface area contributed by atoms with Crippen LogP contribution >= 0.6 is 11.6 Å². The summed E-state index contributed by atoms with van der Waals surface area (Å²) < 4.78 is 44.6. The second kappa shape index (κ2) is 12.2. The van der Waals surface area contributed by atoms with Crippen LogP contribution in [0.5, 0.6) is 5.75 Å². The van der Waals surface area contributed by atoms with Crippen LogP contribution in [0.3, 0.4) is 0 Å². The van der Waals surface area contributed by atoms with Crippen molar-refractivity contribution in [3.8, 4) is 5.75 Å². The molecule has 0 saturated carbocycles. The zero-order valence-corrected chi connectivity index (χ0v) is 22.0. The van der Waals surface area contributed by atoms with Gasteiger partial charge in [0.05, 0.1) is 24.1 Å². The highest BCUT2D eigenvalue weighted by Crippen LogP contribution is 2.30. The molecule has 2 aromatic carbocycles. The van der Waals surface area contributed by atoms with Crippen molar-refractivity contribution in [3.63, 3.8) is 0 Å². The van der Waals surface area contributed by atoms with E-state index in [1.807, 2.05) is 13.8 Å². The van der Waals surface area contributed by atoms with Gasteiger partial charge in [0.1, 0.15) is 24.2 Å². The lowest BCUT2D eigenvalue weighted by Crippen LogP contribution is -2.52. The van der Waals surface area contributed by atoms with Gasteiger partial charge in [0.2, 0.25) is 21.8 Å². The third-order valence-electron chi connectivity index (χ3n) is 5.54. The number of benzene rings is 2. The lowest BCUT2D eigenvalue weighted by Gasteiger charge is -2.32. The van der Waals surface area contributed by atoms with Crippen molar-refractivity contribution in [2.45, 2.75) is 45.8 Å². The molecule has 0 aliphatic carbocycles. The second-order valence-corrected chi connectivity index (χ2v) is 10.5. The van der Waals surface area contributed by atoms with E-state index in [2.05, 4.69) is 5.32 Å². The number of halogens is 2. The zero-order valence-electron chi connectivity index (χ0n) is 20.4. The summed E-state index contributed by atoms with van der Waals surface area (Å²) >= 11 is 6.17. The normalized spacial score (nSPS) is 13.0. The molecule has 1 N–H and O–H groups in total. The number of anilines is 1. The molecule has 35 heavy (non-hydrogen) atoms. The van der Waals surface area contributed by atoms with Crippen molar-refractivity contribution in [3.05, 3.63) is 58.9 Å². The van der Waals surface area contributed by atoms with Gasteiger partial charge in [-0.1, -0.05) is 30.7 Å². The van der Waals surface area contributed by atoms with Crippen LogP contribution in [-0.4, -0.2) is 57.1 Å². The highest BCUT2D eigenvalue weighted by Gasteiger charge is 2.30. The Labute approximate surface area is 211 Å². The number of carbonyl (C=O) groups is 2. The number of hydrogen-bond acceptors (Lipinski definition) is 5. The minimum absolute atomic E-state index is 0.0187. The Morgan fingerprint density at radius 2 is 1.77 bits per heavy atom. The lowest BCUT2D eigenvalue weighted by molar-refractivity contribution is -0.139. The third-order valence-corrected chi connectivity index (χ3v) is 6.97. The lowest BCUT2D eigenvalue weighted by atomic mass is 10.1. The first kappa shape index (κ1) is 28.4. The van der Waals surface area contributed by atoms with Crippen molar-refractivity contribution in [1.82, 2.24) is 10.2 Å². The van der Waals surface area contributed by atoms with Crippen molar-refractivity contribution >= 4 is 39.1 Å². The highest BCUT2D eigenvalue weighted by atomic mass is 35.5. The Balaban J connectivity index is 2.40. The Morgan fingerprint density at radius 1 is 1.14 bits per heavy atom.